The average Bonchev–Trinajstić information content (AvgIpc) is 2.79. The van der Waals surface area contributed by atoms with Crippen molar-refractivity contribution in [2.24, 2.45) is 0 Å². The van der Waals surface area contributed by atoms with Crippen molar-refractivity contribution in [3.8, 4) is 5.75 Å². The van der Waals surface area contributed by atoms with Gasteiger partial charge in [0.15, 0.2) is 0 Å². The Bertz CT molecular complexity index is 485. The van der Waals surface area contributed by atoms with Crippen LogP contribution in [-0.2, 0) is 6.54 Å². The topological polar surface area (TPSA) is 75.1 Å². The molecule has 2 N–H and O–H groups in total. The summed E-state index contributed by atoms with van der Waals surface area (Å²) in [6.07, 6.45) is 2.69. The number of amides is 1. The Morgan fingerprint density at radius 1 is 1.56 bits per heavy atom. The van der Waals surface area contributed by atoms with Gasteiger partial charge in [-0.25, -0.2) is 4.98 Å². The van der Waals surface area contributed by atoms with E-state index in [4.69, 9.17) is 0 Å². The van der Waals surface area contributed by atoms with Crippen LogP contribution in [0.3, 0.4) is 0 Å². The fourth-order valence-electron chi connectivity index (χ4n) is 1.17. The Balaban J connectivity index is 2.01. The third-order valence-electron chi connectivity index (χ3n) is 1.96. The van der Waals surface area contributed by atoms with Crippen molar-refractivity contribution >= 4 is 17.2 Å². The standard InChI is InChI=1S/C10H9N3O2S/c14-9-4-11-2-1-8(9)10(15)12-3-7-5-16-6-13-7/h1-2,4-6,14H,3H2,(H,12,15). The quantitative estimate of drug-likeness (QED) is 0.837. The van der Waals surface area contributed by atoms with Crippen molar-refractivity contribution in [3.05, 3.63) is 40.6 Å². The largest absolute Gasteiger partial charge is 0.505 e. The molecule has 82 valence electrons. The minimum absolute atomic E-state index is 0.127. The maximum Gasteiger partial charge on any atom is 0.255 e. The Morgan fingerprint density at radius 2 is 2.44 bits per heavy atom. The fraction of sp³-hybridized carbons (Fsp3) is 0.100. The second-order valence-corrected chi connectivity index (χ2v) is 3.77. The molecule has 0 spiro atoms. The molecule has 0 aliphatic heterocycles. The molecule has 1 amide bonds. The number of aromatic nitrogens is 2. The number of hydrogen-bond donors (Lipinski definition) is 2. The van der Waals surface area contributed by atoms with E-state index in [1.54, 1.807) is 5.51 Å². The van der Waals surface area contributed by atoms with Crippen molar-refractivity contribution in [1.29, 1.82) is 0 Å². The Labute approximate surface area is 95.8 Å². The second-order valence-electron chi connectivity index (χ2n) is 3.06. The average molecular weight is 235 g/mol. The van der Waals surface area contributed by atoms with Crippen molar-refractivity contribution in [1.82, 2.24) is 15.3 Å². The molecule has 0 bridgehead atoms. The number of carbonyl (C=O) groups excluding carboxylic acids is 1. The van der Waals surface area contributed by atoms with Gasteiger partial charge in [-0.05, 0) is 6.07 Å². The summed E-state index contributed by atoms with van der Waals surface area (Å²) >= 11 is 1.47. The van der Waals surface area contributed by atoms with Crippen LogP contribution in [0.2, 0.25) is 0 Å². The number of hydrogen-bond acceptors (Lipinski definition) is 5. The van der Waals surface area contributed by atoms with Crippen LogP contribution >= 0.6 is 11.3 Å². The van der Waals surface area contributed by atoms with Gasteiger partial charge in [0.25, 0.3) is 5.91 Å². The van der Waals surface area contributed by atoms with Gasteiger partial charge in [-0.15, -0.1) is 11.3 Å². The first-order valence-electron chi connectivity index (χ1n) is 4.55. The summed E-state index contributed by atoms with van der Waals surface area (Å²) in [5.74, 6) is -0.467. The summed E-state index contributed by atoms with van der Waals surface area (Å²) < 4.78 is 0. The fourth-order valence-corrected chi connectivity index (χ4v) is 1.73. The van der Waals surface area contributed by atoms with Crippen molar-refractivity contribution in [2.75, 3.05) is 0 Å². The zero-order valence-corrected chi connectivity index (χ0v) is 9.07. The minimum Gasteiger partial charge on any atom is -0.505 e. The lowest BCUT2D eigenvalue weighted by Gasteiger charge is -2.04. The SMILES string of the molecule is O=C(NCc1cscn1)c1ccncc1O. The van der Waals surface area contributed by atoms with Crippen molar-refractivity contribution < 1.29 is 9.90 Å². The van der Waals surface area contributed by atoms with Gasteiger partial charge in [0.1, 0.15) is 5.75 Å². The number of pyridine rings is 1. The third kappa shape index (κ3) is 2.34. The lowest BCUT2D eigenvalue weighted by molar-refractivity contribution is 0.0947. The number of rotatable bonds is 3. The van der Waals surface area contributed by atoms with Crippen LogP contribution in [0.4, 0.5) is 0 Å². The van der Waals surface area contributed by atoms with Gasteiger partial charge >= 0.3 is 0 Å². The van der Waals surface area contributed by atoms with Gasteiger partial charge in [0.05, 0.1) is 29.5 Å². The molecule has 0 saturated heterocycles. The van der Waals surface area contributed by atoms with E-state index in [0.29, 0.717) is 6.54 Å². The van der Waals surface area contributed by atoms with Crippen LogP contribution in [0.25, 0.3) is 0 Å². The molecule has 0 aromatic carbocycles. The molecule has 0 fully saturated rings. The Hall–Kier alpha value is -1.95. The summed E-state index contributed by atoms with van der Waals surface area (Å²) in [6, 6.07) is 1.46. The van der Waals surface area contributed by atoms with E-state index in [1.807, 2.05) is 5.38 Å². The summed E-state index contributed by atoms with van der Waals surface area (Å²) in [6.45, 7) is 0.351. The molecule has 0 radical (unpaired) electrons. The molecule has 6 heteroatoms. The van der Waals surface area contributed by atoms with Gasteiger partial charge in [-0.3, -0.25) is 9.78 Å². The summed E-state index contributed by atoms with van der Waals surface area (Å²) in [5, 5.41) is 13.9. The van der Waals surface area contributed by atoms with E-state index in [-0.39, 0.29) is 17.2 Å². The number of nitrogens with one attached hydrogen (secondary N) is 1. The zero-order valence-electron chi connectivity index (χ0n) is 8.25. The lowest BCUT2D eigenvalue weighted by atomic mass is 10.2. The van der Waals surface area contributed by atoms with Gasteiger partial charge in [0.2, 0.25) is 0 Å². The normalized spacial score (nSPS) is 10.0. The number of thiazole rings is 1. The molecule has 2 heterocycles. The highest BCUT2D eigenvalue weighted by atomic mass is 32.1. The summed E-state index contributed by atoms with van der Waals surface area (Å²) in [7, 11) is 0. The maximum atomic E-state index is 11.6. The molecule has 2 aromatic rings. The van der Waals surface area contributed by atoms with Crippen LogP contribution < -0.4 is 5.32 Å². The summed E-state index contributed by atoms with van der Waals surface area (Å²) in [5.41, 5.74) is 2.71. The third-order valence-corrected chi connectivity index (χ3v) is 2.59. The highest BCUT2D eigenvalue weighted by molar-refractivity contribution is 7.07. The van der Waals surface area contributed by atoms with Crippen LogP contribution in [0.15, 0.2) is 29.4 Å². The van der Waals surface area contributed by atoms with Crippen LogP contribution in [0.5, 0.6) is 5.75 Å². The second kappa shape index (κ2) is 4.71. The molecular formula is C10H9N3O2S. The van der Waals surface area contributed by atoms with Gasteiger partial charge in [-0.1, -0.05) is 0 Å². The van der Waals surface area contributed by atoms with Crippen LogP contribution in [-0.4, -0.2) is 21.0 Å². The summed E-state index contributed by atoms with van der Waals surface area (Å²) in [4.78, 5) is 19.4. The minimum atomic E-state index is -0.340. The Morgan fingerprint density at radius 3 is 3.12 bits per heavy atom. The first-order valence-corrected chi connectivity index (χ1v) is 5.50. The van der Waals surface area contributed by atoms with Crippen molar-refractivity contribution in [3.63, 3.8) is 0 Å². The van der Waals surface area contributed by atoms with E-state index in [0.717, 1.165) is 5.69 Å². The molecule has 0 aliphatic carbocycles. The van der Waals surface area contributed by atoms with E-state index in [9.17, 15) is 9.90 Å². The first kappa shape index (κ1) is 10.6. The lowest BCUT2D eigenvalue weighted by Crippen LogP contribution is -2.23. The van der Waals surface area contributed by atoms with Crippen molar-refractivity contribution in [2.45, 2.75) is 6.54 Å². The monoisotopic (exact) mass is 235 g/mol. The van der Waals surface area contributed by atoms with E-state index >= 15 is 0 Å². The number of aromatic hydroxyl groups is 1. The molecule has 0 atom stereocenters. The molecule has 16 heavy (non-hydrogen) atoms. The van der Waals surface area contributed by atoms with Crippen LogP contribution in [0.1, 0.15) is 16.1 Å². The Kier molecular flexibility index (Phi) is 3.11. The molecular weight excluding hydrogens is 226 g/mol. The van der Waals surface area contributed by atoms with Gasteiger partial charge in [-0.2, -0.15) is 0 Å². The highest BCUT2D eigenvalue weighted by Gasteiger charge is 2.10. The van der Waals surface area contributed by atoms with Crippen LogP contribution in [0, 0.1) is 0 Å². The molecule has 0 unspecified atom stereocenters. The predicted molar refractivity (Wildman–Crippen MR) is 59.2 cm³/mol. The molecule has 0 aliphatic rings. The molecule has 2 aromatic heterocycles. The molecule has 0 saturated carbocycles. The van der Waals surface area contributed by atoms with E-state index in [1.165, 1.54) is 29.8 Å². The highest BCUT2D eigenvalue weighted by Crippen LogP contribution is 2.13. The molecule has 2 rings (SSSR count). The zero-order chi connectivity index (χ0) is 11.4. The molecule has 5 nitrogen and oxygen atoms in total. The number of carbonyl (C=O) groups is 1. The van der Waals surface area contributed by atoms with Gasteiger partial charge in [0, 0.05) is 11.6 Å². The number of nitrogens with zero attached hydrogens (tertiary/aromatic N) is 2. The van der Waals surface area contributed by atoms with E-state index < -0.39 is 0 Å². The smallest absolute Gasteiger partial charge is 0.255 e. The maximum absolute atomic E-state index is 11.6. The predicted octanol–water partition coefficient (Wildman–Crippen LogP) is 1.17. The van der Waals surface area contributed by atoms with E-state index in [2.05, 4.69) is 15.3 Å². The first-order chi connectivity index (χ1) is 7.77. The van der Waals surface area contributed by atoms with Gasteiger partial charge < -0.3 is 10.4 Å².